The number of aryl methyl sites for hydroxylation is 1. The quantitative estimate of drug-likeness (QED) is 0.704. The van der Waals surface area contributed by atoms with Crippen molar-refractivity contribution in [2.45, 2.75) is 20.8 Å². The minimum atomic E-state index is -0.293. The SMILES string of the molecule is Cc1cccc(N(C)CC(C)(C)C=O)c1. The molecule has 0 unspecified atom stereocenters. The molecule has 0 heterocycles. The van der Waals surface area contributed by atoms with Gasteiger partial charge in [-0.05, 0) is 24.6 Å². The standard InChI is InChI=1S/C13H19NO/c1-11-6-5-7-12(8-11)14(4)9-13(2,3)10-15/h5-8,10H,9H2,1-4H3. The summed E-state index contributed by atoms with van der Waals surface area (Å²) in [5.41, 5.74) is 2.10. The van der Waals surface area contributed by atoms with Gasteiger partial charge in [0.25, 0.3) is 0 Å². The molecule has 1 aromatic rings. The van der Waals surface area contributed by atoms with Crippen LogP contribution in [0.4, 0.5) is 5.69 Å². The molecule has 0 spiro atoms. The molecule has 0 saturated carbocycles. The van der Waals surface area contributed by atoms with Crippen molar-refractivity contribution in [3.63, 3.8) is 0 Å². The maximum absolute atomic E-state index is 10.8. The average Bonchev–Trinajstić information content (AvgIpc) is 2.17. The van der Waals surface area contributed by atoms with Crippen molar-refractivity contribution >= 4 is 12.0 Å². The van der Waals surface area contributed by atoms with Crippen LogP contribution in [0.25, 0.3) is 0 Å². The summed E-state index contributed by atoms with van der Waals surface area (Å²) in [5.74, 6) is 0. The van der Waals surface area contributed by atoms with Gasteiger partial charge in [0.05, 0.1) is 0 Å². The highest BCUT2D eigenvalue weighted by molar-refractivity contribution is 5.60. The minimum Gasteiger partial charge on any atom is -0.374 e. The van der Waals surface area contributed by atoms with Gasteiger partial charge in [-0.2, -0.15) is 0 Å². The van der Waals surface area contributed by atoms with Crippen LogP contribution in [0.3, 0.4) is 0 Å². The molecule has 0 N–H and O–H groups in total. The van der Waals surface area contributed by atoms with Crippen LogP contribution in [0.2, 0.25) is 0 Å². The minimum absolute atomic E-state index is 0.293. The number of rotatable bonds is 4. The monoisotopic (exact) mass is 205 g/mol. The molecule has 0 aromatic heterocycles. The number of carbonyl (C=O) groups excluding carboxylic acids is 1. The number of carbonyl (C=O) groups is 1. The van der Waals surface area contributed by atoms with Crippen molar-refractivity contribution in [2.24, 2.45) is 5.41 Å². The summed E-state index contributed by atoms with van der Waals surface area (Å²) in [7, 11) is 2.01. The molecule has 0 amide bonds. The molecular weight excluding hydrogens is 186 g/mol. The van der Waals surface area contributed by atoms with Crippen molar-refractivity contribution in [1.82, 2.24) is 0 Å². The number of aldehydes is 1. The van der Waals surface area contributed by atoms with Gasteiger partial charge in [0.1, 0.15) is 6.29 Å². The van der Waals surface area contributed by atoms with Gasteiger partial charge in [-0.15, -0.1) is 0 Å². The summed E-state index contributed by atoms with van der Waals surface area (Å²) in [6.07, 6.45) is 1.01. The van der Waals surface area contributed by atoms with Crippen molar-refractivity contribution in [1.29, 1.82) is 0 Å². The topological polar surface area (TPSA) is 20.3 Å². The predicted octanol–water partition coefficient (Wildman–Crippen LogP) is 2.66. The fourth-order valence-electron chi connectivity index (χ4n) is 1.61. The van der Waals surface area contributed by atoms with Crippen LogP contribution in [-0.2, 0) is 4.79 Å². The van der Waals surface area contributed by atoms with Gasteiger partial charge in [-0.25, -0.2) is 0 Å². The smallest absolute Gasteiger partial charge is 0.127 e. The zero-order chi connectivity index (χ0) is 11.5. The lowest BCUT2D eigenvalue weighted by atomic mass is 9.95. The van der Waals surface area contributed by atoms with E-state index >= 15 is 0 Å². The Kier molecular flexibility index (Phi) is 3.51. The van der Waals surface area contributed by atoms with E-state index in [9.17, 15) is 4.79 Å². The van der Waals surface area contributed by atoms with Crippen LogP contribution >= 0.6 is 0 Å². The highest BCUT2D eigenvalue weighted by atomic mass is 16.1. The van der Waals surface area contributed by atoms with Gasteiger partial charge < -0.3 is 9.69 Å². The number of benzene rings is 1. The summed E-state index contributed by atoms with van der Waals surface area (Å²) >= 11 is 0. The molecule has 0 aliphatic rings. The first-order chi connectivity index (χ1) is 6.94. The van der Waals surface area contributed by atoms with Crippen molar-refractivity contribution in [3.8, 4) is 0 Å². The van der Waals surface area contributed by atoms with E-state index in [0.717, 1.165) is 18.5 Å². The van der Waals surface area contributed by atoms with Gasteiger partial charge in [-0.3, -0.25) is 0 Å². The van der Waals surface area contributed by atoms with E-state index in [2.05, 4.69) is 30.0 Å². The Hall–Kier alpha value is -1.31. The van der Waals surface area contributed by atoms with Gasteiger partial charge in [-0.1, -0.05) is 26.0 Å². The average molecular weight is 205 g/mol. The van der Waals surface area contributed by atoms with E-state index in [4.69, 9.17) is 0 Å². The maximum Gasteiger partial charge on any atom is 0.127 e. The fourth-order valence-corrected chi connectivity index (χ4v) is 1.61. The molecule has 2 nitrogen and oxygen atoms in total. The molecular formula is C13H19NO. The first kappa shape index (κ1) is 11.8. The number of nitrogens with zero attached hydrogens (tertiary/aromatic N) is 1. The zero-order valence-corrected chi connectivity index (χ0v) is 9.95. The molecule has 0 aliphatic heterocycles. The highest BCUT2D eigenvalue weighted by Gasteiger charge is 2.19. The largest absolute Gasteiger partial charge is 0.374 e. The molecule has 0 bridgehead atoms. The fraction of sp³-hybridized carbons (Fsp3) is 0.462. The van der Waals surface area contributed by atoms with E-state index in [1.54, 1.807) is 0 Å². The molecule has 1 rings (SSSR count). The van der Waals surface area contributed by atoms with E-state index < -0.39 is 0 Å². The Balaban J connectivity index is 2.77. The summed E-state index contributed by atoms with van der Waals surface area (Å²) in [4.78, 5) is 12.9. The van der Waals surface area contributed by atoms with Crippen molar-refractivity contribution in [3.05, 3.63) is 29.8 Å². The molecule has 0 radical (unpaired) electrons. The maximum atomic E-state index is 10.8. The Morgan fingerprint density at radius 1 is 1.40 bits per heavy atom. The van der Waals surface area contributed by atoms with Crippen LogP contribution in [0.1, 0.15) is 19.4 Å². The van der Waals surface area contributed by atoms with E-state index in [0.29, 0.717) is 0 Å². The molecule has 0 atom stereocenters. The summed E-state index contributed by atoms with van der Waals surface area (Å²) < 4.78 is 0. The molecule has 1 aromatic carbocycles. The predicted molar refractivity (Wildman–Crippen MR) is 64.3 cm³/mol. The van der Waals surface area contributed by atoms with E-state index in [1.807, 2.05) is 27.0 Å². The molecule has 0 aliphatic carbocycles. The van der Waals surface area contributed by atoms with Crippen LogP contribution in [0.15, 0.2) is 24.3 Å². The van der Waals surface area contributed by atoms with Gasteiger partial charge in [0, 0.05) is 24.7 Å². The first-order valence-corrected chi connectivity index (χ1v) is 5.19. The normalized spacial score (nSPS) is 11.2. The number of hydrogen-bond donors (Lipinski definition) is 0. The first-order valence-electron chi connectivity index (χ1n) is 5.19. The third-order valence-electron chi connectivity index (χ3n) is 2.41. The summed E-state index contributed by atoms with van der Waals surface area (Å²) in [6.45, 7) is 6.71. The highest BCUT2D eigenvalue weighted by Crippen LogP contribution is 2.19. The second kappa shape index (κ2) is 4.47. The molecule has 82 valence electrons. The molecule has 0 fully saturated rings. The molecule has 15 heavy (non-hydrogen) atoms. The summed E-state index contributed by atoms with van der Waals surface area (Å²) in [5, 5.41) is 0. The van der Waals surface area contributed by atoms with Gasteiger partial charge >= 0.3 is 0 Å². The lowest BCUT2D eigenvalue weighted by Gasteiger charge is -2.27. The molecule has 2 heteroatoms. The Morgan fingerprint density at radius 3 is 2.60 bits per heavy atom. The van der Waals surface area contributed by atoms with Gasteiger partial charge in [0.2, 0.25) is 0 Å². The lowest BCUT2D eigenvalue weighted by molar-refractivity contribution is -0.114. The molecule has 0 saturated heterocycles. The number of hydrogen-bond acceptors (Lipinski definition) is 2. The summed E-state index contributed by atoms with van der Waals surface area (Å²) in [6, 6.07) is 8.30. The van der Waals surface area contributed by atoms with E-state index in [-0.39, 0.29) is 5.41 Å². The third kappa shape index (κ3) is 3.39. The Bertz CT molecular complexity index is 344. The second-order valence-electron chi connectivity index (χ2n) is 4.80. The zero-order valence-electron chi connectivity index (χ0n) is 9.95. The lowest BCUT2D eigenvalue weighted by Crippen LogP contribution is -2.32. The Morgan fingerprint density at radius 2 is 2.07 bits per heavy atom. The second-order valence-corrected chi connectivity index (χ2v) is 4.80. The van der Waals surface area contributed by atoms with Crippen LogP contribution in [-0.4, -0.2) is 19.9 Å². The van der Waals surface area contributed by atoms with Gasteiger partial charge in [0.15, 0.2) is 0 Å². The van der Waals surface area contributed by atoms with Crippen LogP contribution < -0.4 is 4.90 Å². The van der Waals surface area contributed by atoms with E-state index in [1.165, 1.54) is 5.56 Å². The Labute approximate surface area is 91.9 Å². The van der Waals surface area contributed by atoms with Crippen LogP contribution in [0, 0.1) is 12.3 Å². The van der Waals surface area contributed by atoms with Crippen LogP contribution in [0.5, 0.6) is 0 Å². The third-order valence-corrected chi connectivity index (χ3v) is 2.41. The number of anilines is 1. The van der Waals surface area contributed by atoms with Crippen molar-refractivity contribution < 1.29 is 4.79 Å². The van der Waals surface area contributed by atoms with Crippen molar-refractivity contribution in [2.75, 3.05) is 18.5 Å².